The van der Waals surface area contributed by atoms with Crippen LogP contribution in [0.15, 0.2) is 36.5 Å². The lowest BCUT2D eigenvalue weighted by molar-refractivity contribution is -0.387. The smallest absolute Gasteiger partial charge is 0.308 e. The Kier molecular flexibility index (Phi) is 3.91. The van der Waals surface area contributed by atoms with E-state index in [-0.39, 0.29) is 17.4 Å². The van der Waals surface area contributed by atoms with Crippen molar-refractivity contribution < 1.29 is 14.1 Å². The summed E-state index contributed by atoms with van der Waals surface area (Å²) in [4.78, 5) is 13.8. The molecule has 7 heteroatoms. The maximum Gasteiger partial charge on any atom is 0.308 e. The maximum absolute atomic E-state index is 13.3. The number of benzene rings is 1. The first-order chi connectivity index (χ1) is 9.08. The second kappa shape index (κ2) is 5.62. The largest absolute Gasteiger partial charge is 0.485 e. The van der Waals surface area contributed by atoms with E-state index in [0.29, 0.717) is 5.69 Å². The Hall–Kier alpha value is -2.21. The minimum atomic E-state index is -1.000. The number of pyridine rings is 1. The summed E-state index contributed by atoms with van der Waals surface area (Å²) in [5, 5.41) is 10.6. The molecule has 5 nitrogen and oxygen atoms in total. The van der Waals surface area contributed by atoms with Crippen molar-refractivity contribution in [1.82, 2.24) is 4.98 Å². The van der Waals surface area contributed by atoms with Crippen LogP contribution in [-0.2, 0) is 6.61 Å². The molecule has 0 bridgehead atoms. The van der Waals surface area contributed by atoms with Gasteiger partial charge in [-0.3, -0.25) is 15.1 Å². The van der Waals surface area contributed by atoms with E-state index in [1.165, 1.54) is 0 Å². The second-order valence-corrected chi connectivity index (χ2v) is 4.01. The lowest BCUT2D eigenvalue weighted by Crippen LogP contribution is -2.00. The second-order valence-electron chi connectivity index (χ2n) is 3.60. The SMILES string of the molecule is O=[N+]([O-])c1cc(OCc2ccccn2)c(Cl)cc1F. The molecule has 0 aliphatic heterocycles. The molecule has 0 amide bonds. The van der Waals surface area contributed by atoms with Crippen LogP contribution in [0.1, 0.15) is 5.69 Å². The van der Waals surface area contributed by atoms with Gasteiger partial charge in [0.15, 0.2) is 0 Å². The van der Waals surface area contributed by atoms with Crippen LogP contribution in [0.25, 0.3) is 0 Å². The Morgan fingerprint density at radius 2 is 2.21 bits per heavy atom. The van der Waals surface area contributed by atoms with Gasteiger partial charge in [0, 0.05) is 12.3 Å². The molecule has 0 saturated heterocycles. The van der Waals surface area contributed by atoms with E-state index in [4.69, 9.17) is 16.3 Å². The molecule has 98 valence electrons. The zero-order valence-corrected chi connectivity index (χ0v) is 10.3. The molecule has 0 aliphatic carbocycles. The lowest BCUT2D eigenvalue weighted by atomic mass is 10.3. The van der Waals surface area contributed by atoms with E-state index in [0.717, 1.165) is 12.1 Å². The van der Waals surface area contributed by atoms with Crippen LogP contribution in [0.3, 0.4) is 0 Å². The molecule has 0 fully saturated rings. The van der Waals surface area contributed by atoms with E-state index < -0.39 is 16.4 Å². The summed E-state index contributed by atoms with van der Waals surface area (Å²) in [6.45, 7) is 0.0867. The Morgan fingerprint density at radius 3 is 2.84 bits per heavy atom. The Balaban J connectivity index is 2.21. The Bertz CT molecular complexity index is 607. The molecule has 0 atom stereocenters. The molecule has 1 heterocycles. The van der Waals surface area contributed by atoms with Crippen molar-refractivity contribution >= 4 is 17.3 Å². The summed E-state index contributed by atoms with van der Waals surface area (Å²) >= 11 is 5.76. The van der Waals surface area contributed by atoms with Gasteiger partial charge >= 0.3 is 5.69 Å². The Labute approximate surface area is 112 Å². The highest BCUT2D eigenvalue weighted by atomic mass is 35.5. The third-order valence-corrected chi connectivity index (χ3v) is 2.60. The minimum Gasteiger partial charge on any atom is -0.485 e. The molecule has 0 saturated carbocycles. The summed E-state index contributed by atoms with van der Waals surface area (Å²) in [6.07, 6.45) is 1.59. The van der Waals surface area contributed by atoms with Crippen LogP contribution >= 0.6 is 11.6 Å². The van der Waals surface area contributed by atoms with Crippen molar-refractivity contribution in [3.63, 3.8) is 0 Å². The van der Waals surface area contributed by atoms with Gasteiger partial charge in [0.2, 0.25) is 5.82 Å². The number of hydrogen-bond acceptors (Lipinski definition) is 4. The predicted octanol–water partition coefficient (Wildman–Crippen LogP) is 3.36. The number of nitro groups is 1. The van der Waals surface area contributed by atoms with Gasteiger partial charge in [-0.25, -0.2) is 0 Å². The molecule has 2 rings (SSSR count). The zero-order valence-electron chi connectivity index (χ0n) is 9.55. The minimum absolute atomic E-state index is 0.0287. The first kappa shape index (κ1) is 13.2. The molecule has 1 aromatic heterocycles. The average Bonchev–Trinajstić information content (AvgIpc) is 2.38. The molecular weight excluding hydrogens is 275 g/mol. The standard InChI is InChI=1S/C12H8ClFN2O3/c13-9-5-10(14)11(16(17)18)6-12(9)19-7-8-3-1-2-4-15-8/h1-6H,7H2. The van der Waals surface area contributed by atoms with Crippen LogP contribution in [0.2, 0.25) is 5.02 Å². The van der Waals surface area contributed by atoms with Gasteiger partial charge in [-0.15, -0.1) is 0 Å². The van der Waals surface area contributed by atoms with E-state index in [1.807, 2.05) is 0 Å². The number of hydrogen-bond donors (Lipinski definition) is 0. The summed E-state index contributed by atoms with van der Waals surface area (Å²) in [6, 6.07) is 7.07. The summed E-state index contributed by atoms with van der Waals surface area (Å²) in [5.41, 5.74) is -0.0500. The monoisotopic (exact) mass is 282 g/mol. The van der Waals surface area contributed by atoms with E-state index in [2.05, 4.69) is 4.98 Å². The highest BCUT2D eigenvalue weighted by Gasteiger charge is 2.18. The van der Waals surface area contributed by atoms with Crippen molar-refractivity contribution in [2.24, 2.45) is 0 Å². The van der Waals surface area contributed by atoms with Gasteiger partial charge < -0.3 is 4.74 Å². The number of nitro benzene ring substituents is 1. The first-order valence-electron chi connectivity index (χ1n) is 5.24. The maximum atomic E-state index is 13.3. The fraction of sp³-hybridized carbons (Fsp3) is 0.0833. The number of nitrogens with zero attached hydrogens (tertiary/aromatic N) is 2. The number of halogens is 2. The molecule has 2 aromatic rings. The van der Waals surface area contributed by atoms with Crippen LogP contribution in [0.5, 0.6) is 5.75 Å². The fourth-order valence-corrected chi connectivity index (χ4v) is 1.61. The van der Waals surface area contributed by atoms with E-state index in [1.54, 1.807) is 24.4 Å². The van der Waals surface area contributed by atoms with Crippen LogP contribution in [0, 0.1) is 15.9 Å². The molecule has 19 heavy (non-hydrogen) atoms. The van der Waals surface area contributed by atoms with Crippen molar-refractivity contribution in [2.45, 2.75) is 6.61 Å². The highest BCUT2D eigenvalue weighted by Crippen LogP contribution is 2.31. The van der Waals surface area contributed by atoms with Crippen molar-refractivity contribution in [2.75, 3.05) is 0 Å². The van der Waals surface area contributed by atoms with Gasteiger partial charge in [0.1, 0.15) is 12.4 Å². The third kappa shape index (κ3) is 3.17. The third-order valence-electron chi connectivity index (χ3n) is 2.30. The molecule has 0 N–H and O–H groups in total. The molecule has 0 spiro atoms. The zero-order chi connectivity index (χ0) is 13.8. The topological polar surface area (TPSA) is 65.3 Å². The quantitative estimate of drug-likeness (QED) is 0.637. The predicted molar refractivity (Wildman–Crippen MR) is 66.6 cm³/mol. The van der Waals surface area contributed by atoms with Gasteiger partial charge in [-0.1, -0.05) is 17.7 Å². The number of aromatic nitrogens is 1. The number of rotatable bonds is 4. The molecule has 0 aliphatic rings. The Morgan fingerprint density at radius 1 is 1.42 bits per heavy atom. The van der Waals surface area contributed by atoms with Crippen LogP contribution in [0.4, 0.5) is 10.1 Å². The van der Waals surface area contributed by atoms with E-state index in [9.17, 15) is 14.5 Å². The van der Waals surface area contributed by atoms with E-state index >= 15 is 0 Å². The molecule has 0 radical (unpaired) electrons. The van der Waals surface area contributed by atoms with Gasteiger partial charge in [-0.05, 0) is 12.1 Å². The average molecular weight is 283 g/mol. The van der Waals surface area contributed by atoms with Gasteiger partial charge in [-0.2, -0.15) is 4.39 Å². The molecular formula is C12H8ClFN2O3. The number of ether oxygens (including phenoxy) is 1. The first-order valence-corrected chi connectivity index (χ1v) is 5.62. The van der Waals surface area contributed by atoms with Crippen LogP contribution in [-0.4, -0.2) is 9.91 Å². The summed E-state index contributed by atoms with van der Waals surface area (Å²) in [7, 11) is 0. The summed E-state index contributed by atoms with van der Waals surface area (Å²) in [5.74, 6) is -0.958. The van der Waals surface area contributed by atoms with Crippen molar-refractivity contribution in [3.05, 3.63) is 63.2 Å². The highest BCUT2D eigenvalue weighted by molar-refractivity contribution is 6.32. The summed E-state index contributed by atoms with van der Waals surface area (Å²) < 4.78 is 18.6. The molecule has 1 aromatic carbocycles. The van der Waals surface area contributed by atoms with Gasteiger partial charge in [0.05, 0.1) is 21.7 Å². The fourth-order valence-electron chi connectivity index (χ4n) is 1.40. The lowest BCUT2D eigenvalue weighted by Gasteiger charge is -2.07. The van der Waals surface area contributed by atoms with Crippen molar-refractivity contribution in [1.29, 1.82) is 0 Å². The molecule has 0 unspecified atom stereocenters. The van der Waals surface area contributed by atoms with Crippen molar-refractivity contribution in [3.8, 4) is 5.75 Å². The van der Waals surface area contributed by atoms with Crippen LogP contribution < -0.4 is 4.74 Å². The van der Waals surface area contributed by atoms with Gasteiger partial charge in [0.25, 0.3) is 0 Å². The normalized spacial score (nSPS) is 10.2.